The van der Waals surface area contributed by atoms with Crippen LogP contribution in [0.3, 0.4) is 0 Å². The van der Waals surface area contributed by atoms with Crippen LogP contribution in [0.4, 0.5) is 0 Å². The van der Waals surface area contributed by atoms with Crippen LogP contribution in [0.5, 0.6) is 0 Å². The molecule has 5 nitrogen and oxygen atoms in total. The molecule has 0 aliphatic heterocycles. The number of unbranched alkanes of at least 4 members (excludes halogenated alkanes) is 1. The summed E-state index contributed by atoms with van der Waals surface area (Å²) in [6.07, 6.45) is 1.82. The molecule has 3 unspecified atom stereocenters. The fourth-order valence-corrected chi connectivity index (χ4v) is 2.79. The molecule has 0 aliphatic carbocycles. The second-order valence-corrected chi connectivity index (χ2v) is 6.74. The van der Waals surface area contributed by atoms with E-state index in [1.165, 1.54) is 0 Å². The van der Waals surface area contributed by atoms with E-state index in [9.17, 15) is 9.90 Å². The summed E-state index contributed by atoms with van der Waals surface area (Å²) in [4.78, 5) is 18.2. The van der Waals surface area contributed by atoms with Crippen LogP contribution in [0.25, 0.3) is 0 Å². The summed E-state index contributed by atoms with van der Waals surface area (Å²) in [7, 11) is 0. The molecule has 2 rings (SSSR count). The molecule has 2 aromatic rings. The van der Waals surface area contributed by atoms with Crippen LogP contribution >= 0.6 is 0 Å². The molecular weight excluding hydrogens is 340 g/mol. The third-order valence-corrected chi connectivity index (χ3v) is 4.45. The van der Waals surface area contributed by atoms with Crippen molar-refractivity contribution in [3.63, 3.8) is 0 Å². The Morgan fingerprint density at radius 2 is 1.70 bits per heavy atom. The van der Waals surface area contributed by atoms with Crippen molar-refractivity contribution in [3.05, 3.63) is 71.8 Å². The lowest BCUT2D eigenvalue weighted by molar-refractivity contribution is -0.129. The third kappa shape index (κ3) is 7.13. The van der Waals surface area contributed by atoms with Crippen LogP contribution in [0.1, 0.15) is 50.3 Å². The molecule has 2 aromatic carbocycles. The predicted octanol–water partition coefficient (Wildman–Crippen LogP) is 3.50. The molecule has 1 amide bonds. The molecule has 27 heavy (non-hydrogen) atoms. The fraction of sp³-hybridized carbons (Fsp3) is 0.409. The highest BCUT2D eigenvalue weighted by Gasteiger charge is 2.23. The molecule has 0 radical (unpaired) electrons. The van der Waals surface area contributed by atoms with Crippen LogP contribution in [0, 0.1) is 0 Å². The van der Waals surface area contributed by atoms with Gasteiger partial charge in [0.2, 0.25) is 5.91 Å². The average Bonchev–Trinajstić information content (AvgIpc) is 2.71. The summed E-state index contributed by atoms with van der Waals surface area (Å²) < 4.78 is 0. The van der Waals surface area contributed by atoms with Crippen molar-refractivity contribution in [2.45, 2.75) is 57.9 Å². The van der Waals surface area contributed by atoms with Gasteiger partial charge >= 0.3 is 0 Å². The van der Waals surface area contributed by atoms with Crippen LogP contribution in [0.2, 0.25) is 0 Å². The summed E-state index contributed by atoms with van der Waals surface area (Å²) in [6.45, 7) is 4.28. The zero-order valence-electron chi connectivity index (χ0n) is 16.1. The van der Waals surface area contributed by atoms with Gasteiger partial charge in [-0.15, -0.1) is 0 Å². The summed E-state index contributed by atoms with van der Waals surface area (Å²) in [5.74, 6) is -0.168. The summed E-state index contributed by atoms with van der Waals surface area (Å²) in [5.41, 5.74) is 4.71. The monoisotopic (exact) mass is 370 g/mol. The summed E-state index contributed by atoms with van der Waals surface area (Å²) >= 11 is 0. The van der Waals surface area contributed by atoms with E-state index in [4.69, 9.17) is 4.84 Å². The Bertz CT molecular complexity index is 664. The quantitative estimate of drug-likeness (QED) is 0.530. The van der Waals surface area contributed by atoms with Gasteiger partial charge in [-0.05, 0) is 24.5 Å². The number of hydrogen-bond acceptors (Lipinski definition) is 4. The molecule has 0 spiro atoms. The number of amides is 1. The molecule has 146 valence electrons. The van der Waals surface area contributed by atoms with Gasteiger partial charge in [-0.3, -0.25) is 9.63 Å². The largest absolute Gasteiger partial charge is 0.386 e. The van der Waals surface area contributed by atoms with Crippen molar-refractivity contribution >= 4 is 5.91 Å². The first kappa shape index (κ1) is 21.1. The first-order valence-electron chi connectivity index (χ1n) is 9.56. The van der Waals surface area contributed by atoms with Gasteiger partial charge in [0.05, 0.1) is 18.8 Å². The number of rotatable bonds is 11. The number of carbonyl (C=O) groups is 1. The van der Waals surface area contributed by atoms with E-state index in [2.05, 4.69) is 17.7 Å². The average molecular weight is 370 g/mol. The van der Waals surface area contributed by atoms with E-state index >= 15 is 0 Å². The number of aliphatic hydroxyl groups is 1. The second kappa shape index (κ2) is 11.5. The Morgan fingerprint density at radius 3 is 2.33 bits per heavy atom. The smallest absolute Gasteiger partial charge is 0.239 e. The molecule has 0 bridgehead atoms. The molecule has 3 atom stereocenters. The van der Waals surface area contributed by atoms with Crippen molar-refractivity contribution < 1.29 is 14.7 Å². The maximum atomic E-state index is 12.7. The number of hydroxylamine groups is 1. The molecule has 3 N–H and O–H groups in total. The summed E-state index contributed by atoms with van der Waals surface area (Å²) in [6, 6.07) is 18.3. The van der Waals surface area contributed by atoms with E-state index in [1.807, 2.05) is 60.7 Å². The highest BCUT2D eigenvalue weighted by Crippen LogP contribution is 2.16. The lowest BCUT2D eigenvalue weighted by atomic mass is 10.0. The molecular formula is C22H30N2O3. The van der Waals surface area contributed by atoms with E-state index in [0.717, 1.165) is 24.0 Å². The number of carbonyl (C=O) groups excluding carboxylic acids is 1. The minimum atomic E-state index is -0.757. The number of aliphatic hydroxyl groups excluding tert-OH is 1. The van der Waals surface area contributed by atoms with Gasteiger partial charge in [0.25, 0.3) is 0 Å². The third-order valence-electron chi connectivity index (χ3n) is 4.45. The van der Waals surface area contributed by atoms with Gasteiger partial charge in [0.1, 0.15) is 6.04 Å². The van der Waals surface area contributed by atoms with Crippen molar-refractivity contribution in [2.75, 3.05) is 0 Å². The zero-order valence-corrected chi connectivity index (χ0v) is 16.1. The molecule has 5 heteroatoms. The highest BCUT2D eigenvalue weighted by atomic mass is 16.6. The van der Waals surface area contributed by atoms with Crippen LogP contribution in [-0.4, -0.2) is 23.1 Å². The number of benzene rings is 2. The van der Waals surface area contributed by atoms with E-state index in [-0.39, 0.29) is 5.91 Å². The Balaban J connectivity index is 1.88. The predicted molar refractivity (Wildman–Crippen MR) is 107 cm³/mol. The minimum Gasteiger partial charge on any atom is -0.386 e. The van der Waals surface area contributed by atoms with Crippen molar-refractivity contribution in [1.29, 1.82) is 0 Å². The van der Waals surface area contributed by atoms with E-state index in [1.54, 1.807) is 6.92 Å². The van der Waals surface area contributed by atoms with E-state index in [0.29, 0.717) is 13.0 Å². The Labute approximate surface area is 161 Å². The standard InChI is InChI=1S/C22H30N2O3/c1-3-4-15-20(24-27-16-18-11-7-5-8-12-18)22(26)23-17(2)21(25)19-13-9-6-10-14-19/h5-14,17,20-21,24-25H,3-4,15-16H2,1-2H3,(H,23,26). The van der Waals surface area contributed by atoms with Crippen LogP contribution in [0.15, 0.2) is 60.7 Å². The lowest BCUT2D eigenvalue weighted by Crippen LogP contribution is -2.48. The fourth-order valence-electron chi connectivity index (χ4n) is 2.79. The highest BCUT2D eigenvalue weighted by molar-refractivity contribution is 5.81. The van der Waals surface area contributed by atoms with E-state index < -0.39 is 18.2 Å². The normalized spacial score (nSPS) is 14.3. The molecule has 0 heterocycles. The number of hydrogen-bond donors (Lipinski definition) is 3. The van der Waals surface area contributed by atoms with Gasteiger partial charge < -0.3 is 10.4 Å². The van der Waals surface area contributed by atoms with Crippen LogP contribution in [-0.2, 0) is 16.2 Å². The minimum absolute atomic E-state index is 0.168. The molecule has 0 aliphatic rings. The van der Waals surface area contributed by atoms with Crippen molar-refractivity contribution in [1.82, 2.24) is 10.8 Å². The van der Waals surface area contributed by atoms with Gasteiger partial charge in [-0.25, -0.2) is 0 Å². The first-order valence-corrected chi connectivity index (χ1v) is 9.56. The SMILES string of the molecule is CCCCC(NOCc1ccccc1)C(=O)NC(C)C(O)c1ccccc1. The zero-order chi connectivity index (χ0) is 19.5. The molecule has 0 saturated carbocycles. The van der Waals surface area contributed by atoms with Gasteiger partial charge in [-0.1, -0.05) is 80.4 Å². The van der Waals surface area contributed by atoms with Crippen molar-refractivity contribution in [3.8, 4) is 0 Å². The second-order valence-electron chi connectivity index (χ2n) is 6.74. The summed E-state index contributed by atoms with van der Waals surface area (Å²) in [5, 5.41) is 13.4. The van der Waals surface area contributed by atoms with Crippen LogP contribution < -0.4 is 10.8 Å². The van der Waals surface area contributed by atoms with Gasteiger partial charge in [0, 0.05) is 0 Å². The molecule has 0 aromatic heterocycles. The Hall–Kier alpha value is -2.21. The number of nitrogens with one attached hydrogen (secondary N) is 2. The van der Waals surface area contributed by atoms with Gasteiger partial charge in [-0.2, -0.15) is 5.48 Å². The maximum Gasteiger partial charge on any atom is 0.239 e. The van der Waals surface area contributed by atoms with Crippen molar-refractivity contribution in [2.24, 2.45) is 0 Å². The molecule has 0 saturated heterocycles. The topological polar surface area (TPSA) is 70.6 Å². The molecule has 0 fully saturated rings. The Kier molecular flexibility index (Phi) is 8.98. The lowest BCUT2D eigenvalue weighted by Gasteiger charge is -2.24. The maximum absolute atomic E-state index is 12.7. The van der Waals surface area contributed by atoms with Gasteiger partial charge in [0.15, 0.2) is 0 Å². The first-order chi connectivity index (χ1) is 13.1. The Morgan fingerprint density at radius 1 is 1.07 bits per heavy atom.